The third kappa shape index (κ3) is 1.31. The van der Waals surface area contributed by atoms with E-state index in [-0.39, 0.29) is 23.1 Å². The molecule has 0 amide bonds. The minimum atomic E-state index is -1.10. The van der Waals surface area contributed by atoms with Crippen molar-refractivity contribution in [1.82, 2.24) is 0 Å². The zero-order chi connectivity index (χ0) is 11.7. The van der Waals surface area contributed by atoms with Gasteiger partial charge in [-0.25, -0.2) is 0 Å². The van der Waals surface area contributed by atoms with Crippen LogP contribution in [-0.4, -0.2) is 32.3 Å². The van der Waals surface area contributed by atoms with Crippen LogP contribution in [0.3, 0.4) is 0 Å². The summed E-state index contributed by atoms with van der Waals surface area (Å²) in [7, 11) is 0. The number of ether oxygens (including phenoxy) is 1. The van der Waals surface area contributed by atoms with Crippen molar-refractivity contribution >= 4 is 39.5 Å². The van der Waals surface area contributed by atoms with Crippen molar-refractivity contribution in [1.29, 1.82) is 0 Å². The van der Waals surface area contributed by atoms with E-state index in [1.165, 1.54) is 11.8 Å². The maximum Gasteiger partial charge on any atom is 0.192 e. The highest BCUT2D eigenvalue weighted by atomic mass is 127. The summed E-state index contributed by atoms with van der Waals surface area (Å²) in [5, 5.41) is 10.5. The smallest absolute Gasteiger partial charge is 0.192 e. The Bertz CT molecular complexity index is 346. The number of carbonyl (C=O) groups is 1. The van der Waals surface area contributed by atoms with Crippen molar-refractivity contribution in [2.45, 2.75) is 29.2 Å². The second-order valence-corrected chi connectivity index (χ2v) is 7.47. The summed E-state index contributed by atoms with van der Waals surface area (Å²) in [6.45, 7) is 1.72. The van der Waals surface area contributed by atoms with Crippen LogP contribution in [0.1, 0.15) is 13.3 Å². The first kappa shape index (κ1) is 11.7. The van der Waals surface area contributed by atoms with Crippen LogP contribution in [0.5, 0.6) is 0 Å². The van der Waals surface area contributed by atoms with Crippen molar-refractivity contribution in [3.8, 4) is 0 Å². The predicted molar refractivity (Wildman–Crippen MR) is 70.4 cm³/mol. The van der Waals surface area contributed by atoms with Gasteiger partial charge in [-0.2, -0.15) is 0 Å². The Kier molecular flexibility index (Phi) is 2.63. The standard InChI is InChI=1S/C11H15IO3S/c1-11(14)7-5-3-4(6(7)10(13)16-2)8(12)9(5)15-11/h4-9,14H,3H2,1-2H3/t4-,5+,6-,7+,8+,9-,11-/m0/s1. The van der Waals surface area contributed by atoms with Gasteiger partial charge in [-0.05, 0) is 31.4 Å². The second-order valence-electron chi connectivity index (χ2n) is 5.22. The molecule has 2 saturated carbocycles. The molecule has 90 valence electrons. The fraction of sp³-hybridized carbons (Fsp3) is 0.909. The van der Waals surface area contributed by atoms with Crippen LogP contribution in [0.15, 0.2) is 0 Å². The van der Waals surface area contributed by atoms with Gasteiger partial charge < -0.3 is 9.84 Å². The molecule has 2 bridgehead atoms. The predicted octanol–water partition coefficient (Wildman–Crippen LogP) is 1.67. The molecule has 0 aromatic rings. The number of thioether (sulfide) groups is 1. The van der Waals surface area contributed by atoms with Crippen molar-refractivity contribution in [2.24, 2.45) is 23.7 Å². The lowest BCUT2D eigenvalue weighted by molar-refractivity contribution is -0.196. The van der Waals surface area contributed by atoms with Crippen LogP contribution in [0.4, 0.5) is 0 Å². The molecule has 3 nitrogen and oxygen atoms in total. The fourth-order valence-corrected chi connectivity index (χ4v) is 6.00. The highest BCUT2D eigenvalue weighted by molar-refractivity contribution is 14.1. The summed E-state index contributed by atoms with van der Waals surface area (Å²) in [5.41, 5.74) is 0. The highest BCUT2D eigenvalue weighted by Gasteiger charge is 2.69. The fourth-order valence-electron chi connectivity index (χ4n) is 3.98. The molecule has 1 aliphatic heterocycles. The van der Waals surface area contributed by atoms with Crippen LogP contribution in [0.25, 0.3) is 0 Å². The Morgan fingerprint density at radius 2 is 2.25 bits per heavy atom. The number of alkyl halides is 1. The van der Waals surface area contributed by atoms with E-state index in [2.05, 4.69) is 22.6 Å². The molecule has 2 aliphatic carbocycles. The zero-order valence-corrected chi connectivity index (χ0v) is 12.2. The largest absolute Gasteiger partial charge is 0.365 e. The molecule has 1 heterocycles. The number of hydrogen-bond acceptors (Lipinski definition) is 4. The minimum absolute atomic E-state index is 0.00403. The van der Waals surface area contributed by atoms with Crippen LogP contribution < -0.4 is 0 Å². The Labute approximate surface area is 113 Å². The quantitative estimate of drug-likeness (QED) is 0.575. The highest BCUT2D eigenvalue weighted by Crippen LogP contribution is 2.64. The first-order chi connectivity index (χ1) is 7.47. The van der Waals surface area contributed by atoms with E-state index >= 15 is 0 Å². The van der Waals surface area contributed by atoms with Gasteiger partial charge in [0.15, 0.2) is 10.9 Å². The lowest BCUT2D eigenvalue weighted by Gasteiger charge is -2.31. The summed E-state index contributed by atoms with van der Waals surface area (Å²) in [5.74, 6) is -0.276. The van der Waals surface area contributed by atoms with Gasteiger partial charge in [-0.1, -0.05) is 34.4 Å². The van der Waals surface area contributed by atoms with E-state index < -0.39 is 5.79 Å². The third-order valence-corrected chi connectivity index (χ3v) is 6.77. The van der Waals surface area contributed by atoms with Gasteiger partial charge in [0.25, 0.3) is 0 Å². The Balaban J connectivity index is 2.00. The average Bonchev–Trinajstić information content (AvgIpc) is 2.80. The summed E-state index contributed by atoms with van der Waals surface area (Å²) in [4.78, 5) is 12.0. The zero-order valence-electron chi connectivity index (χ0n) is 9.22. The topological polar surface area (TPSA) is 46.5 Å². The lowest BCUT2D eigenvalue weighted by atomic mass is 9.77. The Hall–Kier alpha value is 0.670. The van der Waals surface area contributed by atoms with E-state index in [0.717, 1.165) is 6.42 Å². The SMILES string of the molecule is CSC(=O)[C@H]1[C@@H]2C[C@H]3[C@H](O[C@](C)(O)[C@H]31)[C@@H]2I. The number of fused-ring (bicyclic) bond motifs is 1. The first-order valence-electron chi connectivity index (χ1n) is 5.59. The molecule has 3 rings (SSSR count). The molecule has 0 aromatic carbocycles. The van der Waals surface area contributed by atoms with E-state index in [1.807, 2.05) is 6.26 Å². The molecule has 5 heteroatoms. The number of rotatable bonds is 1. The molecule has 16 heavy (non-hydrogen) atoms. The second kappa shape index (κ2) is 3.59. The number of aliphatic hydroxyl groups is 1. The van der Waals surface area contributed by atoms with Gasteiger partial charge >= 0.3 is 0 Å². The van der Waals surface area contributed by atoms with Crippen LogP contribution in [-0.2, 0) is 9.53 Å². The maximum atomic E-state index is 12.0. The van der Waals surface area contributed by atoms with Crippen molar-refractivity contribution in [2.75, 3.05) is 6.26 Å². The Morgan fingerprint density at radius 1 is 1.56 bits per heavy atom. The van der Waals surface area contributed by atoms with E-state index in [1.54, 1.807) is 6.92 Å². The number of hydrogen-bond donors (Lipinski definition) is 1. The summed E-state index contributed by atoms with van der Waals surface area (Å²) >= 11 is 3.69. The van der Waals surface area contributed by atoms with Crippen molar-refractivity contribution in [3.05, 3.63) is 0 Å². The molecule has 0 spiro atoms. The van der Waals surface area contributed by atoms with Crippen LogP contribution >= 0.6 is 34.4 Å². The van der Waals surface area contributed by atoms with Gasteiger partial charge in [0.2, 0.25) is 0 Å². The summed E-state index contributed by atoms with van der Waals surface area (Å²) in [6, 6.07) is 0. The van der Waals surface area contributed by atoms with Crippen molar-refractivity contribution < 1.29 is 14.6 Å². The molecule has 0 aromatic heterocycles. The normalized spacial score (nSPS) is 58.2. The molecule has 3 aliphatic rings. The molecule has 0 unspecified atom stereocenters. The van der Waals surface area contributed by atoms with Crippen molar-refractivity contribution in [3.63, 3.8) is 0 Å². The van der Waals surface area contributed by atoms with Gasteiger partial charge in [0.05, 0.1) is 6.10 Å². The first-order valence-corrected chi connectivity index (χ1v) is 8.06. The van der Waals surface area contributed by atoms with E-state index in [0.29, 0.717) is 15.8 Å². The average molecular weight is 354 g/mol. The molecular formula is C11H15IO3S. The third-order valence-electron chi connectivity index (χ3n) is 4.47. The summed E-state index contributed by atoms with van der Waals surface area (Å²) in [6.07, 6.45) is 3.05. The van der Waals surface area contributed by atoms with Crippen LogP contribution in [0.2, 0.25) is 0 Å². The minimum Gasteiger partial charge on any atom is -0.365 e. The number of halogens is 1. The lowest BCUT2D eigenvalue weighted by Crippen LogP contribution is -2.41. The summed E-state index contributed by atoms with van der Waals surface area (Å²) < 4.78 is 6.13. The van der Waals surface area contributed by atoms with Gasteiger partial charge in [0.1, 0.15) is 0 Å². The van der Waals surface area contributed by atoms with Gasteiger partial charge in [0, 0.05) is 15.8 Å². The molecule has 7 atom stereocenters. The molecule has 1 N–H and O–H groups in total. The maximum absolute atomic E-state index is 12.0. The molecule has 3 fully saturated rings. The molecular weight excluding hydrogens is 339 g/mol. The molecule has 1 saturated heterocycles. The number of carbonyl (C=O) groups excluding carboxylic acids is 1. The monoisotopic (exact) mass is 354 g/mol. The molecule has 0 radical (unpaired) electrons. The van der Waals surface area contributed by atoms with E-state index in [4.69, 9.17) is 4.74 Å². The van der Waals surface area contributed by atoms with Crippen LogP contribution in [0, 0.1) is 23.7 Å². The van der Waals surface area contributed by atoms with E-state index in [9.17, 15) is 9.90 Å². The van der Waals surface area contributed by atoms with Gasteiger partial charge in [-0.15, -0.1) is 0 Å². The van der Waals surface area contributed by atoms with Gasteiger partial charge in [-0.3, -0.25) is 4.79 Å². The Morgan fingerprint density at radius 3 is 2.88 bits per heavy atom.